The quantitative estimate of drug-likeness (QED) is 0.802. The molecule has 5 heteroatoms. The maximum atomic E-state index is 9.91. The number of aryl methyl sites for hydroxylation is 2. The highest BCUT2D eigenvalue weighted by atomic mass is 79.9. The molecule has 0 aliphatic carbocycles. The van der Waals surface area contributed by atoms with Gasteiger partial charge in [0.2, 0.25) is 0 Å². The molecule has 114 valence electrons. The zero-order valence-corrected chi connectivity index (χ0v) is 13.8. The van der Waals surface area contributed by atoms with Gasteiger partial charge in [-0.25, -0.2) is 0 Å². The molecule has 0 fully saturated rings. The summed E-state index contributed by atoms with van der Waals surface area (Å²) in [6.45, 7) is 5.21. The molecule has 2 rings (SSSR count). The third-order valence-electron chi connectivity index (χ3n) is 2.99. The molecule has 4 nitrogen and oxygen atoms in total. The van der Waals surface area contributed by atoms with E-state index >= 15 is 0 Å². The highest BCUT2D eigenvalue weighted by molar-refractivity contribution is 9.10. The summed E-state index contributed by atoms with van der Waals surface area (Å²) in [5, 5.41) is 13.0. The van der Waals surface area contributed by atoms with Gasteiger partial charge in [-0.15, -0.1) is 0 Å². The molecule has 2 N–H and O–H groups in total. The number of aliphatic hydroxyl groups is 1. The number of benzene rings is 1. The molecule has 2 aromatic rings. The fourth-order valence-electron chi connectivity index (χ4n) is 1.91. The Morgan fingerprint density at radius 3 is 2.76 bits per heavy atom. The molecule has 0 aliphatic rings. The molecular weight excluding hydrogens is 334 g/mol. The fourth-order valence-corrected chi connectivity index (χ4v) is 2.52. The van der Waals surface area contributed by atoms with E-state index in [1.807, 2.05) is 44.2 Å². The Morgan fingerprint density at radius 2 is 2.10 bits per heavy atom. The Bertz CT molecular complexity index is 583. The van der Waals surface area contributed by atoms with Crippen molar-refractivity contribution in [1.82, 2.24) is 5.32 Å². The Hall–Kier alpha value is -1.30. The lowest BCUT2D eigenvalue weighted by molar-refractivity contribution is 0.105. The molecule has 0 bridgehead atoms. The minimum Gasteiger partial charge on any atom is -0.490 e. The smallest absolute Gasteiger partial charge is 0.133 e. The van der Waals surface area contributed by atoms with Gasteiger partial charge in [0.15, 0.2) is 0 Å². The van der Waals surface area contributed by atoms with Crippen LogP contribution in [0.5, 0.6) is 5.75 Å². The van der Waals surface area contributed by atoms with Gasteiger partial charge in [-0.05, 0) is 59.6 Å². The summed E-state index contributed by atoms with van der Waals surface area (Å²) in [6, 6.07) is 9.70. The van der Waals surface area contributed by atoms with Crippen molar-refractivity contribution in [2.45, 2.75) is 26.5 Å². The molecule has 1 unspecified atom stereocenters. The standard InChI is InChI=1S/C16H20BrNO3/c1-11-3-6-16(15(17)7-11)20-10-13(19)8-18-9-14-5-4-12(2)21-14/h3-7,13,18-19H,8-10H2,1-2H3. The van der Waals surface area contributed by atoms with E-state index in [-0.39, 0.29) is 6.61 Å². The molecule has 0 radical (unpaired) electrons. The van der Waals surface area contributed by atoms with Crippen LogP contribution >= 0.6 is 15.9 Å². The van der Waals surface area contributed by atoms with Gasteiger partial charge in [0, 0.05) is 6.54 Å². The number of hydrogen-bond donors (Lipinski definition) is 2. The summed E-state index contributed by atoms with van der Waals surface area (Å²) in [5.41, 5.74) is 1.16. The summed E-state index contributed by atoms with van der Waals surface area (Å²) in [4.78, 5) is 0. The first kappa shape index (κ1) is 16.1. The second-order valence-corrected chi connectivity index (χ2v) is 5.90. The Morgan fingerprint density at radius 1 is 1.29 bits per heavy atom. The maximum absolute atomic E-state index is 9.91. The van der Waals surface area contributed by atoms with E-state index in [0.717, 1.165) is 27.3 Å². The van der Waals surface area contributed by atoms with Crippen LogP contribution in [-0.4, -0.2) is 24.4 Å². The largest absolute Gasteiger partial charge is 0.490 e. The number of furan rings is 1. The zero-order valence-electron chi connectivity index (χ0n) is 12.2. The van der Waals surface area contributed by atoms with Crippen molar-refractivity contribution in [1.29, 1.82) is 0 Å². The van der Waals surface area contributed by atoms with Gasteiger partial charge in [-0.3, -0.25) is 0 Å². The molecule has 1 aromatic carbocycles. The van der Waals surface area contributed by atoms with Gasteiger partial charge in [-0.1, -0.05) is 6.07 Å². The minimum absolute atomic E-state index is 0.242. The van der Waals surface area contributed by atoms with E-state index in [2.05, 4.69) is 21.2 Å². The SMILES string of the molecule is Cc1ccc(OCC(O)CNCc2ccc(C)o2)c(Br)c1. The van der Waals surface area contributed by atoms with Crippen LogP contribution in [0.2, 0.25) is 0 Å². The number of hydrogen-bond acceptors (Lipinski definition) is 4. The van der Waals surface area contributed by atoms with Crippen LogP contribution in [0.1, 0.15) is 17.1 Å². The number of rotatable bonds is 7. The third kappa shape index (κ3) is 5.19. The van der Waals surface area contributed by atoms with Crippen molar-refractivity contribution in [2.24, 2.45) is 0 Å². The molecule has 0 aliphatic heterocycles. The first-order valence-electron chi connectivity index (χ1n) is 6.87. The molecule has 0 saturated heterocycles. The predicted octanol–water partition coefficient (Wildman–Crippen LogP) is 3.19. The van der Waals surface area contributed by atoms with Gasteiger partial charge in [0.05, 0.1) is 11.0 Å². The van der Waals surface area contributed by atoms with E-state index in [1.165, 1.54) is 0 Å². The van der Waals surface area contributed by atoms with Crippen molar-refractivity contribution < 1.29 is 14.3 Å². The minimum atomic E-state index is -0.575. The van der Waals surface area contributed by atoms with Gasteiger partial charge < -0.3 is 19.6 Å². The van der Waals surface area contributed by atoms with Crippen molar-refractivity contribution >= 4 is 15.9 Å². The van der Waals surface area contributed by atoms with Gasteiger partial charge >= 0.3 is 0 Å². The summed E-state index contributed by atoms with van der Waals surface area (Å²) in [6.07, 6.45) is -0.575. The topological polar surface area (TPSA) is 54.6 Å². The van der Waals surface area contributed by atoms with Crippen LogP contribution < -0.4 is 10.1 Å². The van der Waals surface area contributed by atoms with Gasteiger partial charge in [0.1, 0.15) is 30.0 Å². The summed E-state index contributed by atoms with van der Waals surface area (Å²) >= 11 is 3.45. The van der Waals surface area contributed by atoms with Crippen molar-refractivity contribution in [3.63, 3.8) is 0 Å². The lowest BCUT2D eigenvalue weighted by Crippen LogP contribution is -2.31. The third-order valence-corrected chi connectivity index (χ3v) is 3.61. The normalized spacial score (nSPS) is 12.4. The van der Waals surface area contributed by atoms with E-state index in [4.69, 9.17) is 9.15 Å². The van der Waals surface area contributed by atoms with Gasteiger partial charge in [0.25, 0.3) is 0 Å². The Labute approximate surface area is 133 Å². The second kappa shape index (κ2) is 7.64. The molecule has 21 heavy (non-hydrogen) atoms. The lowest BCUT2D eigenvalue weighted by Gasteiger charge is -2.14. The van der Waals surface area contributed by atoms with E-state index in [9.17, 15) is 5.11 Å². The van der Waals surface area contributed by atoms with E-state index in [0.29, 0.717) is 13.1 Å². The summed E-state index contributed by atoms with van der Waals surface area (Å²) in [7, 11) is 0. The first-order valence-corrected chi connectivity index (χ1v) is 7.67. The monoisotopic (exact) mass is 353 g/mol. The zero-order chi connectivity index (χ0) is 15.2. The molecule has 1 aromatic heterocycles. The van der Waals surface area contributed by atoms with Crippen LogP contribution in [0.15, 0.2) is 39.2 Å². The molecule has 0 spiro atoms. The highest BCUT2D eigenvalue weighted by Crippen LogP contribution is 2.25. The van der Waals surface area contributed by atoms with Crippen molar-refractivity contribution in [3.05, 3.63) is 51.9 Å². The lowest BCUT2D eigenvalue weighted by atomic mass is 10.2. The van der Waals surface area contributed by atoms with Crippen LogP contribution in [0.4, 0.5) is 0 Å². The van der Waals surface area contributed by atoms with Gasteiger partial charge in [-0.2, -0.15) is 0 Å². The van der Waals surface area contributed by atoms with Crippen molar-refractivity contribution in [3.8, 4) is 5.75 Å². The molecule has 1 heterocycles. The summed E-state index contributed by atoms with van der Waals surface area (Å²) in [5.74, 6) is 2.49. The van der Waals surface area contributed by atoms with E-state index < -0.39 is 6.10 Å². The van der Waals surface area contributed by atoms with Crippen LogP contribution in [0.25, 0.3) is 0 Å². The predicted molar refractivity (Wildman–Crippen MR) is 85.5 cm³/mol. The average Bonchev–Trinajstić information content (AvgIpc) is 2.83. The van der Waals surface area contributed by atoms with Crippen molar-refractivity contribution in [2.75, 3.05) is 13.2 Å². The molecule has 0 amide bonds. The summed E-state index contributed by atoms with van der Waals surface area (Å²) < 4.78 is 11.9. The average molecular weight is 354 g/mol. The van der Waals surface area contributed by atoms with Crippen LogP contribution in [-0.2, 0) is 6.54 Å². The Kier molecular flexibility index (Phi) is 5.85. The number of aliphatic hydroxyl groups excluding tert-OH is 1. The van der Waals surface area contributed by atoms with Crippen LogP contribution in [0, 0.1) is 13.8 Å². The highest BCUT2D eigenvalue weighted by Gasteiger charge is 2.08. The number of halogens is 1. The Balaban J connectivity index is 1.70. The molecule has 0 saturated carbocycles. The first-order chi connectivity index (χ1) is 10.0. The fraction of sp³-hybridized carbons (Fsp3) is 0.375. The van der Waals surface area contributed by atoms with Crippen LogP contribution in [0.3, 0.4) is 0 Å². The van der Waals surface area contributed by atoms with E-state index in [1.54, 1.807) is 0 Å². The maximum Gasteiger partial charge on any atom is 0.133 e. The number of ether oxygens (including phenoxy) is 1. The second-order valence-electron chi connectivity index (χ2n) is 5.04. The molecular formula is C16H20BrNO3. The number of nitrogens with one attached hydrogen (secondary N) is 1. The molecule has 1 atom stereocenters.